The Morgan fingerprint density at radius 3 is 2.68 bits per heavy atom. The van der Waals surface area contributed by atoms with Gasteiger partial charge in [0, 0.05) is 36.1 Å². The van der Waals surface area contributed by atoms with E-state index >= 15 is 0 Å². The first kappa shape index (κ1) is 16.5. The van der Waals surface area contributed by atoms with E-state index in [-0.39, 0.29) is 5.91 Å². The standard InChI is InChI=1S/C17H20BrN3O/c1-13-11-15(18)3-4-16(13)20-12-17(22)21(2)10-7-14-5-8-19-9-6-14/h3-6,8-9,11,20H,7,10,12H2,1-2H3. The number of amides is 1. The van der Waals surface area contributed by atoms with Crippen LogP contribution < -0.4 is 5.32 Å². The third-order valence-electron chi connectivity index (χ3n) is 3.53. The van der Waals surface area contributed by atoms with Crippen LogP contribution in [0.5, 0.6) is 0 Å². The Bertz CT molecular complexity index is 631. The topological polar surface area (TPSA) is 45.2 Å². The lowest BCUT2D eigenvalue weighted by molar-refractivity contribution is -0.127. The van der Waals surface area contributed by atoms with Gasteiger partial charge in [0.2, 0.25) is 5.91 Å². The Kier molecular flexibility index (Phi) is 5.95. The van der Waals surface area contributed by atoms with Crippen molar-refractivity contribution in [3.8, 4) is 0 Å². The summed E-state index contributed by atoms with van der Waals surface area (Å²) in [6.07, 6.45) is 4.38. The fourth-order valence-electron chi connectivity index (χ4n) is 2.10. The minimum Gasteiger partial charge on any atom is -0.376 e. The molecular formula is C17H20BrN3O. The summed E-state index contributed by atoms with van der Waals surface area (Å²) < 4.78 is 1.04. The lowest BCUT2D eigenvalue weighted by atomic mass is 10.2. The number of nitrogens with one attached hydrogen (secondary N) is 1. The number of aromatic nitrogens is 1. The molecule has 5 heteroatoms. The predicted octanol–water partition coefficient (Wildman–Crippen LogP) is 3.27. The molecule has 0 saturated heterocycles. The molecule has 0 aliphatic carbocycles. The van der Waals surface area contributed by atoms with E-state index in [1.54, 1.807) is 17.3 Å². The first-order valence-corrected chi connectivity index (χ1v) is 7.98. The lowest BCUT2D eigenvalue weighted by Gasteiger charge is -2.18. The second-order valence-electron chi connectivity index (χ2n) is 5.23. The third kappa shape index (κ3) is 4.84. The van der Waals surface area contributed by atoms with E-state index in [4.69, 9.17) is 0 Å². The maximum absolute atomic E-state index is 12.2. The maximum atomic E-state index is 12.2. The van der Waals surface area contributed by atoms with Crippen molar-refractivity contribution < 1.29 is 4.79 Å². The van der Waals surface area contributed by atoms with E-state index in [0.717, 1.165) is 22.1 Å². The van der Waals surface area contributed by atoms with E-state index in [2.05, 4.69) is 26.2 Å². The van der Waals surface area contributed by atoms with Gasteiger partial charge in [-0.3, -0.25) is 9.78 Å². The Labute approximate surface area is 139 Å². The van der Waals surface area contributed by atoms with Gasteiger partial charge in [0.05, 0.1) is 6.54 Å². The molecule has 0 fully saturated rings. The number of carbonyl (C=O) groups excluding carboxylic acids is 1. The van der Waals surface area contributed by atoms with Crippen molar-refractivity contribution in [2.45, 2.75) is 13.3 Å². The van der Waals surface area contributed by atoms with Crippen LogP contribution >= 0.6 is 15.9 Å². The van der Waals surface area contributed by atoms with Crippen molar-refractivity contribution in [1.82, 2.24) is 9.88 Å². The van der Waals surface area contributed by atoms with Crippen molar-refractivity contribution in [2.24, 2.45) is 0 Å². The van der Waals surface area contributed by atoms with Gasteiger partial charge in [-0.2, -0.15) is 0 Å². The molecule has 22 heavy (non-hydrogen) atoms. The van der Waals surface area contributed by atoms with Crippen molar-refractivity contribution in [1.29, 1.82) is 0 Å². The number of anilines is 1. The fraction of sp³-hybridized carbons (Fsp3) is 0.294. The quantitative estimate of drug-likeness (QED) is 0.858. The molecular weight excluding hydrogens is 342 g/mol. The molecule has 0 bridgehead atoms. The predicted molar refractivity (Wildman–Crippen MR) is 92.9 cm³/mol. The van der Waals surface area contributed by atoms with Crippen LogP contribution in [-0.2, 0) is 11.2 Å². The summed E-state index contributed by atoms with van der Waals surface area (Å²) >= 11 is 3.43. The first-order chi connectivity index (χ1) is 10.6. The van der Waals surface area contributed by atoms with Crippen LogP contribution in [0.2, 0.25) is 0 Å². The van der Waals surface area contributed by atoms with Gasteiger partial charge in [-0.15, -0.1) is 0 Å². The molecule has 2 aromatic rings. The number of halogens is 1. The molecule has 0 aliphatic rings. The Morgan fingerprint density at radius 1 is 1.27 bits per heavy atom. The maximum Gasteiger partial charge on any atom is 0.241 e. The highest BCUT2D eigenvalue weighted by Gasteiger charge is 2.09. The second-order valence-corrected chi connectivity index (χ2v) is 6.15. The summed E-state index contributed by atoms with van der Waals surface area (Å²) in [6, 6.07) is 9.92. The zero-order valence-corrected chi connectivity index (χ0v) is 14.4. The smallest absolute Gasteiger partial charge is 0.241 e. The van der Waals surface area contributed by atoms with Crippen LogP contribution in [0.15, 0.2) is 47.2 Å². The molecule has 116 valence electrons. The molecule has 0 spiro atoms. The summed E-state index contributed by atoms with van der Waals surface area (Å²) in [5.74, 6) is 0.0800. The van der Waals surface area contributed by atoms with Gasteiger partial charge < -0.3 is 10.2 Å². The summed E-state index contributed by atoms with van der Waals surface area (Å²) in [7, 11) is 1.83. The lowest BCUT2D eigenvalue weighted by Crippen LogP contribution is -2.33. The zero-order valence-electron chi connectivity index (χ0n) is 12.8. The monoisotopic (exact) mass is 361 g/mol. The third-order valence-corrected chi connectivity index (χ3v) is 4.02. The zero-order chi connectivity index (χ0) is 15.9. The molecule has 4 nitrogen and oxygen atoms in total. The van der Waals surface area contributed by atoms with Gasteiger partial charge in [-0.1, -0.05) is 15.9 Å². The van der Waals surface area contributed by atoms with Gasteiger partial charge in [0.15, 0.2) is 0 Å². The number of benzene rings is 1. The Balaban J connectivity index is 1.81. The Morgan fingerprint density at radius 2 is 2.00 bits per heavy atom. The van der Waals surface area contributed by atoms with E-state index in [1.165, 1.54) is 5.56 Å². The number of rotatable bonds is 6. The van der Waals surface area contributed by atoms with Gasteiger partial charge in [-0.25, -0.2) is 0 Å². The van der Waals surface area contributed by atoms with E-state index < -0.39 is 0 Å². The number of hydrogen-bond acceptors (Lipinski definition) is 3. The van der Waals surface area contributed by atoms with E-state index in [0.29, 0.717) is 13.1 Å². The van der Waals surface area contributed by atoms with Crippen LogP contribution in [0.1, 0.15) is 11.1 Å². The molecule has 1 N–H and O–H groups in total. The van der Waals surface area contributed by atoms with Crippen LogP contribution in [0.4, 0.5) is 5.69 Å². The van der Waals surface area contributed by atoms with E-state index in [1.807, 2.05) is 44.3 Å². The first-order valence-electron chi connectivity index (χ1n) is 7.19. The number of aryl methyl sites for hydroxylation is 1. The highest BCUT2D eigenvalue weighted by atomic mass is 79.9. The summed E-state index contributed by atoms with van der Waals surface area (Å²) in [5, 5.41) is 3.20. The minimum atomic E-state index is 0.0800. The van der Waals surface area contributed by atoms with Crippen molar-refractivity contribution >= 4 is 27.5 Å². The van der Waals surface area contributed by atoms with Crippen molar-refractivity contribution in [3.63, 3.8) is 0 Å². The highest BCUT2D eigenvalue weighted by molar-refractivity contribution is 9.10. The molecule has 0 saturated carbocycles. The minimum absolute atomic E-state index is 0.0800. The number of hydrogen-bond donors (Lipinski definition) is 1. The highest BCUT2D eigenvalue weighted by Crippen LogP contribution is 2.19. The largest absolute Gasteiger partial charge is 0.376 e. The molecule has 0 atom stereocenters. The molecule has 1 aromatic heterocycles. The number of pyridine rings is 1. The molecule has 0 unspecified atom stereocenters. The Hall–Kier alpha value is -1.88. The SMILES string of the molecule is Cc1cc(Br)ccc1NCC(=O)N(C)CCc1ccncc1. The number of likely N-dealkylation sites (N-methyl/N-ethyl adjacent to an activating group) is 1. The average molecular weight is 362 g/mol. The average Bonchev–Trinajstić information content (AvgIpc) is 2.52. The summed E-state index contributed by atoms with van der Waals surface area (Å²) in [6.45, 7) is 3.02. The van der Waals surface area contributed by atoms with Crippen molar-refractivity contribution in [2.75, 3.05) is 25.5 Å². The number of nitrogens with zero attached hydrogens (tertiary/aromatic N) is 2. The fourth-order valence-corrected chi connectivity index (χ4v) is 2.58. The molecule has 1 aromatic carbocycles. The molecule has 2 rings (SSSR count). The van der Waals surface area contributed by atoms with Crippen LogP contribution in [0, 0.1) is 6.92 Å². The normalized spacial score (nSPS) is 10.3. The molecule has 0 aliphatic heterocycles. The van der Waals surface area contributed by atoms with Gasteiger partial charge >= 0.3 is 0 Å². The van der Waals surface area contributed by atoms with Crippen LogP contribution in [0.3, 0.4) is 0 Å². The van der Waals surface area contributed by atoms with Gasteiger partial charge in [0.25, 0.3) is 0 Å². The summed E-state index contributed by atoms with van der Waals surface area (Å²) in [4.78, 5) is 17.9. The number of carbonyl (C=O) groups is 1. The van der Waals surface area contributed by atoms with Gasteiger partial charge in [-0.05, 0) is 54.8 Å². The molecule has 1 heterocycles. The summed E-state index contributed by atoms with van der Waals surface area (Å²) in [5.41, 5.74) is 3.28. The second kappa shape index (κ2) is 7.94. The van der Waals surface area contributed by atoms with Crippen LogP contribution in [0.25, 0.3) is 0 Å². The molecule has 1 amide bonds. The van der Waals surface area contributed by atoms with Crippen LogP contribution in [-0.4, -0.2) is 35.9 Å². The van der Waals surface area contributed by atoms with Crippen molar-refractivity contribution in [3.05, 3.63) is 58.3 Å². The van der Waals surface area contributed by atoms with Gasteiger partial charge in [0.1, 0.15) is 0 Å². The molecule has 0 radical (unpaired) electrons. The van der Waals surface area contributed by atoms with E-state index in [9.17, 15) is 4.79 Å².